The lowest BCUT2D eigenvalue weighted by Crippen LogP contribution is -2.44. The van der Waals surface area contributed by atoms with Gasteiger partial charge < -0.3 is 5.73 Å². The van der Waals surface area contributed by atoms with Crippen LogP contribution < -0.4 is 5.73 Å². The largest absolute Gasteiger partial charge is 0.416 e. The molecule has 1 unspecified atom stereocenters. The molecule has 0 saturated heterocycles. The van der Waals surface area contributed by atoms with E-state index >= 15 is 0 Å². The van der Waals surface area contributed by atoms with Gasteiger partial charge in [0.2, 0.25) is 0 Å². The second-order valence-corrected chi connectivity index (χ2v) is 5.77. The Balaban J connectivity index is 2.76. The summed E-state index contributed by atoms with van der Waals surface area (Å²) in [6.45, 7) is 6.94. The lowest BCUT2D eigenvalue weighted by atomic mass is 9.98. The molecule has 1 atom stereocenters. The normalized spacial score (nSPS) is 14.7. The summed E-state index contributed by atoms with van der Waals surface area (Å²) in [5.74, 6) is 0. The third-order valence-electron chi connectivity index (χ3n) is 4.04. The van der Waals surface area contributed by atoms with E-state index in [-0.39, 0.29) is 11.6 Å². The fraction of sp³-hybridized carbons (Fsp3) is 0.600. The number of hydrogen-bond donors (Lipinski definition) is 1. The Kier molecular flexibility index (Phi) is 5.21. The average Bonchev–Trinajstić information content (AvgIpc) is 2.37. The van der Waals surface area contributed by atoms with Crippen molar-refractivity contribution >= 4 is 0 Å². The highest BCUT2D eigenvalue weighted by Gasteiger charge is 2.30. The molecule has 2 nitrogen and oxygen atoms in total. The quantitative estimate of drug-likeness (QED) is 0.892. The van der Waals surface area contributed by atoms with Gasteiger partial charge in [0.1, 0.15) is 0 Å². The predicted octanol–water partition coefficient (Wildman–Crippen LogP) is 3.83. The van der Waals surface area contributed by atoms with Crippen LogP contribution in [0.2, 0.25) is 0 Å². The van der Waals surface area contributed by atoms with Crippen molar-refractivity contribution in [2.24, 2.45) is 5.73 Å². The summed E-state index contributed by atoms with van der Waals surface area (Å²) < 4.78 is 37.5. The number of alkyl halides is 3. The van der Waals surface area contributed by atoms with E-state index in [1.807, 2.05) is 7.05 Å². The van der Waals surface area contributed by atoms with E-state index < -0.39 is 11.7 Å². The smallest absolute Gasteiger partial charge is 0.323 e. The fourth-order valence-electron chi connectivity index (χ4n) is 1.84. The lowest BCUT2D eigenvalue weighted by Gasteiger charge is -2.36. The Morgan fingerprint density at radius 1 is 1.15 bits per heavy atom. The van der Waals surface area contributed by atoms with Crippen LogP contribution in [0.4, 0.5) is 13.2 Å². The predicted molar refractivity (Wildman–Crippen MR) is 75.4 cm³/mol. The first kappa shape index (κ1) is 17.0. The Labute approximate surface area is 118 Å². The molecule has 0 aliphatic carbocycles. The highest BCUT2D eigenvalue weighted by molar-refractivity contribution is 5.26. The van der Waals surface area contributed by atoms with Crippen molar-refractivity contribution in [2.75, 3.05) is 13.6 Å². The number of benzene rings is 1. The molecule has 1 aromatic rings. The van der Waals surface area contributed by atoms with Crippen molar-refractivity contribution in [3.8, 4) is 0 Å². The van der Waals surface area contributed by atoms with Gasteiger partial charge in [-0.25, -0.2) is 0 Å². The van der Waals surface area contributed by atoms with Crippen molar-refractivity contribution in [2.45, 2.75) is 44.9 Å². The van der Waals surface area contributed by atoms with Crippen LogP contribution in [-0.4, -0.2) is 24.0 Å². The first-order chi connectivity index (χ1) is 9.08. The number of likely N-dealkylation sites (N-methyl/N-ethyl adjacent to an activating group) is 1. The van der Waals surface area contributed by atoms with Crippen LogP contribution in [0.15, 0.2) is 24.3 Å². The molecule has 2 N–H and O–H groups in total. The van der Waals surface area contributed by atoms with Gasteiger partial charge in [-0.05, 0) is 45.0 Å². The van der Waals surface area contributed by atoms with Gasteiger partial charge in [0.25, 0.3) is 0 Å². The lowest BCUT2D eigenvalue weighted by molar-refractivity contribution is -0.137. The molecular weight excluding hydrogens is 265 g/mol. The molecule has 0 bridgehead atoms. The van der Waals surface area contributed by atoms with Gasteiger partial charge in [0.15, 0.2) is 0 Å². The zero-order chi connectivity index (χ0) is 15.6. The summed E-state index contributed by atoms with van der Waals surface area (Å²) in [5, 5.41) is 0. The summed E-state index contributed by atoms with van der Waals surface area (Å²) in [7, 11) is 1.98. The molecule has 114 valence electrons. The SMILES string of the molecule is CCC(C)(C)N(C)CC(N)c1ccc(C(F)(F)F)cc1. The molecule has 1 aromatic carbocycles. The molecule has 0 aromatic heterocycles. The van der Waals surface area contributed by atoms with Crippen LogP contribution in [0.1, 0.15) is 44.4 Å². The minimum atomic E-state index is -4.30. The third kappa shape index (κ3) is 4.21. The van der Waals surface area contributed by atoms with E-state index in [1.54, 1.807) is 0 Å². The van der Waals surface area contributed by atoms with Crippen molar-refractivity contribution in [1.29, 1.82) is 0 Å². The first-order valence-corrected chi connectivity index (χ1v) is 6.72. The van der Waals surface area contributed by atoms with Crippen molar-refractivity contribution < 1.29 is 13.2 Å². The maximum Gasteiger partial charge on any atom is 0.416 e. The summed E-state index contributed by atoms with van der Waals surface area (Å²) in [4.78, 5) is 2.13. The van der Waals surface area contributed by atoms with E-state index in [9.17, 15) is 13.2 Å². The van der Waals surface area contributed by atoms with E-state index in [4.69, 9.17) is 5.73 Å². The molecule has 1 rings (SSSR count). The Morgan fingerprint density at radius 2 is 1.65 bits per heavy atom. The van der Waals surface area contributed by atoms with Crippen LogP contribution in [0.3, 0.4) is 0 Å². The zero-order valence-electron chi connectivity index (χ0n) is 12.5. The molecular formula is C15H23F3N2. The number of halogens is 3. The topological polar surface area (TPSA) is 29.3 Å². The molecule has 0 saturated carbocycles. The van der Waals surface area contributed by atoms with Gasteiger partial charge in [0.05, 0.1) is 5.56 Å². The van der Waals surface area contributed by atoms with Crippen LogP contribution in [0, 0.1) is 0 Å². The standard InChI is InChI=1S/C15H23F3N2/c1-5-14(2,3)20(4)10-13(19)11-6-8-12(9-7-11)15(16,17)18/h6-9,13H,5,10,19H2,1-4H3. The molecule has 0 radical (unpaired) electrons. The van der Waals surface area contributed by atoms with Crippen molar-refractivity contribution in [3.63, 3.8) is 0 Å². The molecule has 0 amide bonds. The summed E-state index contributed by atoms with van der Waals surface area (Å²) in [6, 6.07) is 4.79. The first-order valence-electron chi connectivity index (χ1n) is 6.72. The molecule has 0 aliphatic rings. The minimum absolute atomic E-state index is 0.0174. The van der Waals surface area contributed by atoms with Crippen LogP contribution >= 0.6 is 0 Å². The second-order valence-electron chi connectivity index (χ2n) is 5.77. The van der Waals surface area contributed by atoms with Gasteiger partial charge in [-0.1, -0.05) is 19.1 Å². The Bertz CT molecular complexity index is 424. The highest BCUT2D eigenvalue weighted by atomic mass is 19.4. The second kappa shape index (κ2) is 6.14. The number of nitrogens with zero attached hydrogens (tertiary/aromatic N) is 1. The van der Waals surface area contributed by atoms with E-state index in [0.717, 1.165) is 24.1 Å². The molecule has 0 fully saturated rings. The van der Waals surface area contributed by atoms with E-state index in [1.165, 1.54) is 12.1 Å². The fourth-order valence-corrected chi connectivity index (χ4v) is 1.84. The maximum absolute atomic E-state index is 12.5. The van der Waals surface area contributed by atoms with Crippen molar-refractivity contribution in [3.05, 3.63) is 35.4 Å². The molecule has 20 heavy (non-hydrogen) atoms. The Hall–Kier alpha value is -1.07. The molecule has 5 heteroatoms. The van der Waals surface area contributed by atoms with Crippen LogP contribution in [0.25, 0.3) is 0 Å². The Morgan fingerprint density at radius 3 is 2.05 bits per heavy atom. The van der Waals surface area contributed by atoms with Crippen molar-refractivity contribution in [1.82, 2.24) is 4.90 Å². The molecule has 0 spiro atoms. The highest BCUT2D eigenvalue weighted by Crippen LogP contribution is 2.30. The van der Waals surface area contributed by atoms with Crippen LogP contribution in [0.5, 0.6) is 0 Å². The van der Waals surface area contributed by atoms with Gasteiger partial charge in [0, 0.05) is 18.1 Å². The number of hydrogen-bond acceptors (Lipinski definition) is 2. The number of nitrogens with two attached hydrogens (primary N) is 1. The minimum Gasteiger partial charge on any atom is -0.323 e. The van der Waals surface area contributed by atoms with Gasteiger partial charge in [-0.3, -0.25) is 4.90 Å². The number of rotatable bonds is 5. The summed E-state index contributed by atoms with van der Waals surface area (Å²) in [5.41, 5.74) is 6.18. The third-order valence-corrected chi connectivity index (χ3v) is 4.04. The molecule has 0 heterocycles. The van der Waals surface area contributed by atoms with Gasteiger partial charge in [-0.2, -0.15) is 13.2 Å². The van der Waals surface area contributed by atoms with Crippen LogP contribution in [-0.2, 0) is 6.18 Å². The van der Waals surface area contributed by atoms with E-state index in [0.29, 0.717) is 6.54 Å². The molecule has 0 aliphatic heterocycles. The van der Waals surface area contributed by atoms with E-state index in [2.05, 4.69) is 25.7 Å². The summed E-state index contributed by atoms with van der Waals surface area (Å²) >= 11 is 0. The zero-order valence-corrected chi connectivity index (χ0v) is 12.5. The summed E-state index contributed by atoms with van der Waals surface area (Å²) in [6.07, 6.45) is -3.33. The average molecular weight is 288 g/mol. The van der Waals surface area contributed by atoms with Gasteiger partial charge in [-0.15, -0.1) is 0 Å². The van der Waals surface area contributed by atoms with Gasteiger partial charge >= 0.3 is 6.18 Å². The monoisotopic (exact) mass is 288 g/mol. The maximum atomic E-state index is 12.5.